The highest BCUT2D eigenvalue weighted by molar-refractivity contribution is 6.00. The second-order valence-electron chi connectivity index (χ2n) is 3.61. The summed E-state index contributed by atoms with van der Waals surface area (Å²) in [4.78, 5) is 31.2. The molecule has 1 amide bonds. The van der Waals surface area contributed by atoms with Gasteiger partial charge in [0, 0.05) is 12.1 Å². The van der Waals surface area contributed by atoms with E-state index in [1.54, 1.807) is 6.92 Å². The maximum absolute atomic E-state index is 11.0. The molecule has 0 atom stereocenters. The Balaban J connectivity index is 2.71. The Labute approximate surface area is 107 Å². The molecule has 1 aromatic carbocycles. The third kappa shape index (κ3) is 4.54. The van der Waals surface area contributed by atoms with Crippen LogP contribution in [0.4, 0.5) is 5.69 Å². The number of carboxylic acid groups (broad SMARTS) is 1. The number of nitro groups is 1. The normalized spacial score (nSPS) is 10.9. The first-order valence-corrected chi connectivity index (χ1v) is 5.20. The number of hydrogen-bond acceptors (Lipinski definition) is 5. The first-order valence-electron chi connectivity index (χ1n) is 5.20. The van der Waals surface area contributed by atoms with Gasteiger partial charge >= 0.3 is 5.97 Å². The molecule has 1 rings (SSSR count). The van der Waals surface area contributed by atoms with Gasteiger partial charge in [-0.1, -0.05) is 0 Å². The fraction of sp³-hybridized carbons (Fsp3) is 0.182. The lowest BCUT2D eigenvalue weighted by Gasteiger charge is -2.01. The first-order chi connectivity index (χ1) is 8.90. The largest absolute Gasteiger partial charge is 0.481 e. The number of hydrogen-bond donors (Lipinski definition) is 2. The molecule has 0 aliphatic carbocycles. The van der Waals surface area contributed by atoms with Crippen LogP contribution in [0.15, 0.2) is 29.4 Å². The van der Waals surface area contributed by atoms with Crippen molar-refractivity contribution in [1.29, 1.82) is 0 Å². The Bertz CT molecular complexity index is 536. The quantitative estimate of drug-likeness (QED) is 0.354. The Morgan fingerprint density at radius 1 is 1.37 bits per heavy atom. The SMILES string of the molecule is C/C(=N\NC(=O)CC(=O)O)c1ccc([N+](=O)[O-])cc1. The van der Waals surface area contributed by atoms with E-state index < -0.39 is 23.2 Å². The van der Waals surface area contributed by atoms with E-state index in [1.165, 1.54) is 24.3 Å². The van der Waals surface area contributed by atoms with Gasteiger partial charge in [0.05, 0.1) is 10.6 Å². The number of rotatable bonds is 5. The zero-order valence-corrected chi connectivity index (χ0v) is 9.99. The van der Waals surface area contributed by atoms with Crippen molar-refractivity contribution in [3.63, 3.8) is 0 Å². The van der Waals surface area contributed by atoms with Crippen molar-refractivity contribution < 1.29 is 19.6 Å². The Morgan fingerprint density at radius 3 is 2.42 bits per heavy atom. The van der Waals surface area contributed by atoms with Gasteiger partial charge in [0.15, 0.2) is 0 Å². The van der Waals surface area contributed by atoms with Gasteiger partial charge < -0.3 is 5.11 Å². The van der Waals surface area contributed by atoms with E-state index in [9.17, 15) is 19.7 Å². The number of non-ortho nitro benzene ring substituents is 1. The van der Waals surface area contributed by atoms with Crippen LogP contribution in [-0.2, 0) is 9.59 Å². The third-order valence-corrected chi connectivity index (χ3v) is 2.16. The molecular weight excluding hydrogens is 254 g/mol. The molecule has 8 heteroatoms. The molecule has 0 unspecified atom stereocenters. The summed E-state index contributed by atoms with van der Waals surface area (Å²) in [5.41, 5.74) is 3.03. The highest BCUT2D eigenvalue weighted by Gasteiger charge is 2.08. The molecule has 19 heavy (non-hydrogen) atoms. The van der Waals surface area contributed by atoms with E-state index in [0.29, 0.717) is 11.3 Å². The summed E-state index contributed by atoms with van der Waals surface area (Å²) in [6.45, 7) is 1.59. The average molecular weight is 265 g/mol. The third-order valence-electron chi connectivity index (χ3n) is 2.16. The van der Waals surface area contributed by atoms with E-state index in [1.807, 2.05) is 0 Å². The molecule has 0 radical (unpaired) electrons. The molecule has 2 N–H and O–H groups in total. The van der Waals surface area contributed by atoms with Gasteiger partial charge in [-0.2, -0.15) is 5.10 Å². The van der Waals surface area contributed by atoms with Crippen LogP contribution in [0.2, 0.25) is 0 Å². The molecule has 0 spiro atoms. The van der Waals surface area contributed by atoms with Gasteiger partial charge in [-0.3, -0.25) is 19.7 Å². The Morgan fingerprint density at radius 2 is 1.95 bits per heavy atom. The van der Waals surface area contributed by atoms with Crippen LogP contribution in [0.25, 0.3) is 0 Å². The lowest BCUT2D eigenvalue weighted by Crippen LogP contribution is -2.22. The smallest absolute Gasteiger partial charge is 0.312 e. The summed E-state index contributed by atoms with van der Waals surface area (Å²) >= 11 is 0. The molecule has 0 fully saturated rings. The zero-order valence-electron chi connectivity index (χ0n) is 9.99. The predicted octanol–water partition coefficient (Wildman–Crippen LogP) is 0.910. The van der Waals surface area contributed by atoms with Crippen LogP contribution in [0.3, 0.4) is 0 Å². The fourth-order valence-corrected chi connectivity index (χ4v) is 1.21. The average Bonchev–Trinajstić information content (AvgIpc) is 2.35. The summed E-state index contributed by atoms with van der Waals surface area (Å²) in [5, 5.41) is 22.5. The fourth-order valence-electron chi connectivity index (χ4n) is 1.21. The number of carboxylic acids is 1. The van der Waals surface area contributed by atoms with E-state index >= 15 is 0 Å². The van der Waals surface area contributed by atoms with Crippen molar-refractivity contribution in [1.82, 2.24) is 5.43 Å². The summed E-state index contributed by atoms with van der Waals surface area (Å²) in [5.74, 6) is -1.99. The van der Waals surface area contributed by atoms with Crippen molar-refractivity contribution in [3.05, 3.63) is 39.9 Å². The van der Waals surface area contributed by atoms with Gasteiger partial charge in [-0.05, 0) is 24.6 Å². The summed E-state index contributed by atoms with van der Waals surface area (Å²) in [6, 6.07) is 5.60. The van der Waals surface area contributed by atoms with Crippen molar-refractivity contribution in [2.75, 3.05) is 0 Å². The standard InChI is InChI=1S/C11H11N3O5/c1-7(12-13-10(15)6-11(16)17)8-2-4-9(5-3-8)14(18)19/h2-5H,6H2,1H3,(H,13,15)(H,16,17)/b12-7+. The van der Waals surface area contributed by atoms with E-state index in [0.717, 1.165) is 0 Å². The van der Waals surface area contributed by atoms with E-state index in [2.05, 4.69) is 10.5 Å². The lowest BCUT2D eigenvalue weighted by molar-refractivity contribution is -0.384. The molecular formula is C11H11N3O5. The number of aliphatic carboxylic acids is 1. The molecule has 100 valence electrons. The number of nitrogens with zero attached hydrogens (tertiary/aromatic N) is 2. The topological polar surface area (TPSA) is 122 Å². The van der Waals surface area contributed by atoms with Crippen LogP contribution >= 0.6 is 0 Å². The summed E-state index contributed by atoms with van der Waals surface area (Å²) in [6.07, 6.45) is -0.670. The number of nitrogens with one attached hydrogen (secondary N) is 1. The summed E-state index contributed by atoms with van der Waals surface area (Å²) in [7, 11) is 0. The number of carbonyl (C=O) groups is 2. The minimum absolute atomic E-state index is 0.0496. The van der Waals surface area contributed by atoms with Crippen LogP contribution in [0, 0.1) is 10.1 Å². The van der Waals surface area contributed by atoms with Crippen LogP contribution in [0.5, 0.6) is 0 Å². The molecule has 0 aromatic heterocycles. The van der Waals surface area contributed by atoms with Crippen molar-refractivity contribution in [2.24, 2.45) is 5.10 Å². The zero-order chi connectivity index (χ0) is 14.4. The van der Waals surface area contributed by atoms with Crippen LogP contribution in [-0.4, -0.2) is 27.6 Å². The monoisotopic (exact) mass is 265 g/mol. The van der Waals surface area contributed by atoms with Gasteiger partial charge in [0.2, 0.25) is 0 Å². The number of nitro benzene ring substituents is 1. The van der Waals surface area contributed by atoms with Crippen LogP contribution < -0.4 is 5.43 Å². The van der Waals surface area contributed by atoms with E-state index in [-0.39, 0.29) is 5.69 Å². The molecule has 0 aliphatic heterocycles. The number of hydrazone groups is 1. The molecule has 8 nitrogen and oxygen atoms in total. The maximum atomic E-state index is 11.0. The maximum Gasteiger partial charge on any atom is 0.312 e. The van der Waals surface area contributed by atoms with Gasteiger partial charge in [0.25, 0.3) is 11.6 Å². The van der Waals surface area contributed by atoms with Crippen molar-refractivity contribution in [3.8, 4) is 0 Å². The van der Waals surface area contributed by atoms with Crippen molar-refractivity contribution in [2.45, 2.75) is 13.3 Å². The predicted molar refractivity (Wildman–Crippen MR) is 65.7 cm³/mol. The molecule has 0 bridgehead atoms. The molecule has 0 heterocycles. The molecule has 0 saturated heterocycles. The molecule has 0 saturated carbocycles. The minimum atomic E-state index is -1.25. The first kappa shape index (κ1) is 14.3. The lowest BCUT2D eigenvalue weighted by atomic mass is 10.1. The summed E-state index contributed by atoms with van der Waals surface area (Å²) < 4.78 is 0. The Kier molecular flexibility index (Phi) is 4.69. The second-order valence-corrected chi connectivity index (χ2v) is 3.61. The second kappa shape index (κ2) is 6.24. The highest BCUT2D eigenvalue weighted by atomic mass is 16.6. The van der Waals surface area contributed by atoms with Crippen LogP contribution in [0.1, 0.15) is 18.9 Å². The molecule has 0 aliphatic rings. The van der Waals surface area contributed by atoms with Gasteiger partial charge in [-0.15, -0.1) is 0 Å². The number of amides is 1. The molecule has 1 aromatic rings. The number of benzene rings is 1. The van der Waals surface area contributed by atoms with Gasteiger partial charge in [-0.25, -0.2) is 5.43 Å². The number of carbonyl (C=O) groups excluding carboxylic acids is 1. The van der Waals surface area contributed by atoms with Gasteiger partial charge in [0.1, 0.15) is 6.42 Å². The Hall–Kier alpha value is -2.77. The highest BCUT2D eigenvalue weighted by Crippen LogP contribution is 2.12. The van der Waals surface area contributed by atoms with Crippen molar-refractivity contribution >= 4 is 23.3 Å². The minimum Gasteiger partial charge on any atom is -0.481 e. The van der Waals surface area contributed by atoms with E-state index in [4.69, 9.17) is 5.11 Å².